The maximum absolute atomic E-state index is 14.8. The van der Waals surface area contributed by atoms with Crippen molar-refractivity contribution in [2.24, 2.45) is 29.1 Å². The quantitative estimate of drug-likeness (QED) is 0.215. The number of rotatable bonds is 6. The summed E-state index contributed by atoms with van der Waals surface area (Å²) in [7, 11) is -4.55. The first-order chi connectivity index (χ1) is 21.8. The van der Waals surface area contributed by atoms with Crippen LogP contribution in [0, 0.1) is 36.0 Å². The minimum atomic E-state index is -2.37. The number of Topliss-reactive ketones (excluding diaryl/α,β-unsaturated/α-hetero) is 1. The summed E-state index contributed by atoms with van der Waals surface area (Å²) in [5.74, 6) is 0.895. The average Bonchev–Trinajstić information content (AvgIpc) is 3.54. The number of cyclic esters (lactones) is 1. The van der Waals surface area contributed by atoms with Crippen molar-refractivity contribution in [1.82, 2.24) is 4.98 Å². The van der Waals surface area contributed by atoms with Crippen molar-refractivity contribution in [1.29, 1.82) is 0 Å². The number of hydrogen-bond donors (Lipinski definition) is 0. The number of carbonyl (C=O) groups is 2. The lowest BCUT2D eigenvalue weighted by Crippen LogP contribution is -2.54. The van der Waals surface area contributed by atoms with E-state index in [-0.39, 0.29) is 52.3 Å². The molecule has 48 heavy (non-hydrogen) atoms. The van der Waals surface area contributed by atoms with Gasteiger partial charge in [0.15, 0.2) is 16.6 Å². The van der Waals surface area contributed by atoms with E-state index in [9.17, 15) is 9.59 Å². The third-order valence-electron chi connectivity index (χ3n) is 12.4. The highest BCUT2D eigenvalue weighted by Crippen LogP contribution is 2.48. The van der Waals surface area contributed by atoms with Gasteiger partial charge in [-0.25, -0.2) is 4.98 Å². The second-order valence-electron chi connectivity index (χ2n) is 18.8. The number of fused-ring (bicyclic) bond motifs is 1. The van der Waals surface area contributed by atoms with Gasteiger partial charge in [-0.1, -0.05) is 82.1 Å². The van der Waals surface area contributed by atoms with Gasteiger partial charge in [-0.15, -0.1) is 11.3 Å². The molecule has 2 heterocycles. The number of carbonyl (C=O) groups excluding carboxylic acids is 2. The maximum atomic E-state index is 14.8. The number of ketones is 1. The molecule has 0 spiro atoms. The zero-order valence-corrected chi connectivity index (χ0v) is 36.2. The van der Waals surface area contributed by atoms with Crippen molar-refractivity contribution >= 4 is 45.8 Å². The molecule has 6 nitrogen and oxygen atoms in total. The highest BCUT2D eigenvalue weighted by molar-refractivity contribution is 7.09. The second-order valence-corrected chi connectivity index (χ2v) is 29.4. The Bertz CT molecular complexity index is 1300. The molecule has 1 aliphatic carbocycles. The highest BCUT2D eigenvalue weighted by Gasteiger charge is 2.50. The molecule has 0 radical (unpaired) electrons. The molecule has 3 rings (SSSR count). The van der Waals surface area contributed by atoms with E-state index >= 15 is 0 Å². The molecule has 7 atom stereocenters. The molecule has 1 aromatic rings. The van der Waals surface area contributed by atoms with Gasteiger partial charge in [0.2, 0.25) is 0 Å². The molecule has 0 N–H and O–H groups in total. The first-order valence-corrected chi connectivity index (χ1v) is 25.2. The molecule has 0 unspecified atom stereocenters. The summed E-state index contributed by atoms with van der Waals surface area (Å²) < 4.78 is 20.6. The Morgan fingerprint density at radius 3 is 2.08 bits per heavy atom. The van der Waals surface area contributed by atoms with Gasteiger partial charge in [-0.05, 0) is 98.8 Å². The van der Waals surface area contributed by atoms with Crippen molar-refractivity contribution < 1.29 is 23.2 Å². The average molecular weight is 720 g/mol. The summed E-state index contributed by atoms with van der Waals surface area (Å²) in [5.41, 5.74) is 0.999. The smallest absolute Gasteiger partial charge is 0.309 e. The zero-order chi connectivity index (χ0) is 36.6. The Labute approximate surface area is 299 Å². The van der Waals surface area contributed by atoms with Crippen molar-refractivity contribution in [3.8, 4) is 0 Å². The number of hydrogen-bond acceptors (Lipinski definition) is 7. The Morgan fingerprint density at radius 1 is 0.958 bits per heavy atom. The number of thiazole rings is 1. The summed E-state index contributed by atoms with van der Waals surface area (Å²) in [6.07, 6.45) is 6.28. The molecule has 1 aliphatic heterocycles. The molecule has 0 aromatic carbocycles. The molecule has 0 bridgehead atoms. The van der Waals surface area contributed by atoms with Gasteiger partial charge >= 0.3 is 5.97 Å². The van der Waals surface area contributed by atoms with E-state index in [4.69, 9.17) is 13.6 Å². The largest absolute Gasteiger partial charge is 0.458 e. The van der Waals surface area contributed by atoms with Crippen molar-refractivity contribution in [2.45, 2.75) is 176 Å². The number of nitrogens with zero attached hydrogens (tertiary/aromatic N) is 1. The van der Waals surface area contributed by atoms with Gasteiger partial charge in [0.1, 0.15) is 11.9 Å². The standard InChI is InChI=1S/C39H69NO5SSi2/c1-25-18-17-19-29-21-30(29)22-32(26(2)20-31-24-46-28(4)40-31)43-34(41)23-33(44-47(13,14)37(5,6)7)39(11,12)36(42)27(3)35(25)45-48(15,16)38(8,9)10/h20,24-25,27,29-30,32-33,35H,17-19,21-23H2,1-16H3/t25-,27+,29-,30-,32-,33-,35-/m0/s1. The van der Waals surface area contributed by atoms with E-state index in [2.05, 4.69) is 105 Å². The molecule has 1 saturated heterocycles. The number of ether oxygens (including phenoxy) is 1. The van der Waals surface area contributed by atoms with E-state index < -0.39 is 28.2 Å². The van der Waals surface area contributed by atoms with Gasteiger partial charge in [0.25, 0.3) is 0 Å². The zero-order valence-electron chi connectivity index (χ0n) is 33.3. The summed E-state index contributed by atoms with van der Waals surface area (Å²) in [6.45, 7) is 34.7. The number of aryl methyl sites for hydroxylation is 1. The molecular weight excluding hydrogens is 651 g/mol. The lowest BCUT2D eigenvalue weighted by molar-refractivity contribution is -0.154. The van der Waals surface area contributed by atoms with Crippen LogP contribution in [0.4, 0.5) is 0 Å². The second kappa shape index (κ2) is 15.2. The van der Waals surface area contributed by atoms with E-state index in [1.165, 1.54) is 6.42 Å². The predicted octanol–water partition coefficient (Wildman–Crippen LogP) is 11.0. The molecule has 2 fully saturated rings. The molecule has 0 amide bonds. The van der Waals surface area contributed by atoms with Gasteiger partial charge in [0, 0.05) is 16.7 Å². The van der Waals surface area contributed by atoms with Crippen molar-refractivity contribution in [2.75, 3.05) is 0 Å². The van der Waals surface area contributed by atoms with Crippen LogP contribution in [-0.4, -0.2) is 51.7 Å². The van der Waals surface area contributed by atoms with Gasteiger partial charge in [-0.3, -0.25) is 9.59 Å². The highest BCUT2D eigenvalue weighted by atomic mass is 32.1. The number of aromatic nitrogens is 1. The Balaban J connectivity index is 2.05. The minimum Gasteiger partial charge on any atom is -0.458 e. The topological polar surface area (TPSA) is 74.7 Å². The molecular formula is C39H69NO5SSi2. The summed E-state index contributed by atoms with van der Waals surface area (Å²) in [5, 5.41) is 3.01. The van der Waals surface area contributed by atoms with E-state index in [1.807, 2.05) is 20.8 Å². The third kappa shape index (κ3) is 10.2. The molecule has 274 valence electrons. The monoisotopic (exact) mass is 719 g/mol. The number of esters is 1. The maximum Gasteiger partial charge on any atom is 0.309 e. The van der Waals surface area contributed by atoms with E-state index in [1.54, 1.807) is 11.3 Å². The van der Waals surface area contributed by atoms with Crippen LogP contribution < -0.4 is 0 Å². The fraction of sp³-hybridized carbons (Fsp3) is 0.821. The Morgan fingerprint density at radius 2 is 1.54 bits per heavy atom. The molecule has 9 heteroatoms. The fourth-order valence-electron chi connectivity index (χ4n) is 6.65. The fourth-order valence-corrected chi connectivity index (χ4v) is 10.1. The Kier molecular flexibility index (Phi) is 13.1. The lowest BCUT2D eigenvalue weighted by Gasteiger charge is -2.46. The SMILES string of the molecule is CC(=Cc1csc(C)n1)[C@@H]1C[C@@H]2C[C@@H]2CCC[C@H](C)[C@H](O[Si](C)(C)C(C)(C)C)[C@@H](C)C(=O)C(C)(C)[C@@H](O[Si](C)(C)C(C)(C)C)CC(=O)O1. The summed E-state index contributed by atoms with van der Waals surface area (Å²) in [6, 6.07) is 0. The van der Waals surface area contributed by atoms with Crippen LogP contribution in [0.3, 0.4) is 0 Å². The van der Waals surface area contributed by atoms with E-state index in [0.29, 0.717) is 11.8 Å². The third-order valence-corrected chi connectivity index (χ3v) is 22.1. The van der Waals surface area contributed by atoms with Crippen LogP contribution in [-0.2, 0) is 23.2 Å². The lowest BCUT2D eigenvalue weighted by atomic mass is 9.73. The van der Waals surface area contributed by atoms with Crippen LogP contribution in [0.15, 0.2) is 11.0 Å². The van der Waals surface area contributed by atoms with Crippen LogP contribution in [0.5, 0.6) is 0 Å². The van der Waals surface area contributed by atoms with Crippen LogP contribution in [0.25, 0.3) is 6.08 Å². The normalized spacial score (nSPS) is 30.5. The molecule has 1 saturated carbocycles. The molecule has 1 aromatic heterocycles. The Hall–Kier alpha value is -1.14. The van der Waals surface area contributed by atoms with Crippen molar-refractivity contribution in [3.63, 3.8) is 0 Å². The van der Waals surface area contributed by atoms with Gasteiger partial charge in [-0.2, -0.15) is 0 Å². The van der Waals surface area contributed by atoms with Crippen LogP contribution in [0.1, 0.15) is 125 Å². The van der Waals surface area contributed by atoms with Crippen molar-refractivity contribution in [3.05, 3.63) is 21.7 Å². The first kappa shape index (κ1) is 41.3. The molecule has 2 aliphatic rings. The van der Waals surface area contributed by atoms with Gasteiger partial charge < -0.3 is 13.6 Å². The van der Waals surface area contributed by atoms with Gasteiger partial charge in [0.05, 0.1) is 29.3 Å². The van der Waals surface area contributed by atoms with Crippen LogP contribution >= 0.6 is 11.3 Å². The van der Waals surface area contributed by atoms with Crippen LogP contribution in [0.2, 0.25) is 36.3 Å². The summed E-state index contributed by atoms with van der Waals surface area (Å²) >= 11 is 1.63. The predicted molar refractivity (Wildman–Crippen MR) is 206 cm³/mol. The first-order valence-electron chi connectivity index (χ1n) is 18.5. The van der Waals surface area contributed by atoms with E-state index in [0.717, 1.165) is 42.0 Å². The summed E-state index contributed by atoms with van der Waals surface area (Å²) in [4.78, 5) is 33.5. The minimum absolute atomic E-state index is 0.0284.